The van der Waals surface area contributed by atoms with Gasteiger partial charge in [-0.3, -0.25) is 0 Å². The molecule has 1 fully saturated rings. The van der Waals surface area contributed by atoms with E-state index in [1.54, 1.807) is 6.92 Å². The van der Waals surface area contributed by atoms with Crippen LogP contribution in [0, 0.1) is 34.5 Å². The second-order valence-electron chi connectivity index (χ2n) is 10.1. The summed E-state index contributed by atoms with van der Waals surface area (Å²) in [6.45, 7) is 3.58. The van der Waals surface area contributed by atoms with Crippen LogP contribution in [0.5, 0.6) is 11.5 Å². The molecule has 0 aromatic heterocycles. The molecular weight excluding hydrogens is 606 g/mol. The molecule has 0 radical (unpaired) electrons. The summed E-state index contributed by atoms with van der Waals surface area (Å²) >= 11 is 0. The standard InChI is InChI=1S/C28H22F10O5/c1-3-6-25(2)12-40-27(39,41-13-25)15-9-19(30)23(20(31)10-15)26(34,35)42-16-4-5-17(18(29)11-16)14-7-21(32)24(22(33)8-14)43-28(36,37)38/h4-5,7-11,39H,3,6,12-13H2,1-2H3. The smallest absolute Gasteiger partial charge is 0.429 e. The summed E-state index contributed by atoms with van der Waals surface area (Å²) in [6.07, 6.45) is -8.78. The Hall–Kier alpha value is -3.56. The molecule has 43 heavy (non-hydrogen) atoms. The van der Waals surface area contributed by atoms with Crippen molar-refractivity contribution in [1.82, 2.24) is 0 Å². The number of benzene rings is 3. The predicted molar refractivity (Wildman–Crippen MR) is 128 cm³/mol. The van der Waals surface area contributed by atoms with Gasteiger partial charge in [0.15, 0.2) is 11.6 Å². The lowest BCUT2D eigenvalue weighted by Crippen LogP contribution is -2.46. The summed E-state index contributed by atoms with van der Waals surface area (Å²) in [5.41, 5.74) is -4.34. The van der Waals surface area contributed by atoms with E-state index in [1.807, 2.05) is 6.92 Å². The Morgan fingerprint density at radius 1 is 0.791 bits per heavy atom. The zero-order valence-corrected chi connectivity index (χ0v) is 22.2. The minimum atomic E-state index is -5.43. The summed E-state index contributed by atoms with van der Waals surface area (Å²) < 4.78 is 158. The highest BCUT2D eigenvalue weighted by molar-refractivity contribution is 5.66. The largest absolute Gasteiger partial charge is 0.573 e. The zero-order chi connectivity index (χ0) is 32.0. The highest BCUT2D eigenvalue weighted by Gasteiger charge is 2.46. The summed E-state index contributed by atoms with van der Waals surface area (Å²) in [5, 5.41) is 10.6. The number of hydrogen-bond donors (Lipinski definition) is 1. The second-order valence-corrected chi connectivity index (χ2v) is 10.1. The monoisotopic (exact) mass is 628 g/mol. The maximum absolute atomic E-state index is 14.9. The Balaban J connectivity index is 1.56. The molecule has 0 unspecified atom stereocenters. The normalized spacial score (nSPS) is 21.1. The van der Waals surface area contributed by atoms with Crippen LogP contribution in [0.25, 0.3) is 11.1 Å². The van der Waals surface area contributed by atoms with Gasteiger partial charge in [-0.05, 0) is 48.4 Å². The number of hydrogen-bond acceptors (Lipinski definition) is 5. The van der Waals surface area contributed by atoms with Crippen LogP contribution < -0.4 is 9.47 Å². The molecule has 0 spiro atoms. The molecule has 1 aliphatic heterocycles. The number of aliphatic hydroxyl groups is 1. The van der Waals surface area contributed by atoms with Gasteiger partial charge in [0.05, 0.1) is 13.2 Å². The van der Waals surface area contributed by atoms with Crippen molar-refractivity contribution in [3.8, 4) is 22.6 Å². The summed E-state index contributed by atoms with van der Waals surface area (Å²) in [6, 6.07) is 2.97. The predicted octanol–water partition coefficient (Wildman–Crippen LogP) is 8.03. The Morgan fingerprint density at radius 2 is 1.35 bits per heavy atom. The lowest BCUT2D eigenvalue weighted by molar-refractivity contribution is -0.415. The van der Waals surface area contributed by atoms with Crippen molar-refractivity contribution in [2.24, 2.45) is 5.41 Å². The first-order chi connectivity index (χ1) is 19.9. The average molecular weight is 628 g/mol. The zero-order valence-electron chi connectivity index (χ0n) is 22.2. The second kappa shape index (κ2) is 11.5. The van der Waals surface area contributed by atoms with Crippen LogP contribution in [0.15, 0.2) is 42.5 Å². The van der Waals surface area contributed by atoms with E-state index in [1.165, 1.54) is 0 Å². The van der Waals surface area contributed by atoms with Gasteiger partial charge in [-0.25, -0.2) is 22.0 Å². The van der Waals surface area contributed by atoms with E-state index in [9.17, 15) is 49.0 Å². The third-order valence-electron chi connectivity index (χ3n) is 6.50. The quantitative estimate of drug-likeness (QED) is 0.256. The van der Waals surface area contributed by atoms with E-state index in [0.717, 1.165) is 6.42 Å². The summed E-state index contributed by atoms with van der Waals surface area (Å²) in [5.74, 6) is -14.3. The van der Waals surface area contributed by atoms with Gasteiger partial charge < -0.3 is 24.1 Å². The summed E-state index contributed by atoms with van der Waals surface area (Å²) in [7, 11) is 0. The molecule has 234 valence electrons. The van der Waals surface area contributed by atoms with Gasteiger partial charge in [-0.15, -0.1) is 13.2 Å². The van der Waals surface area contributed by atoms with Crippen molar-refractivity contribution in [1.29, 1.82) is 0 Å². The van der Waals surface area contributed by atoms with Crippen molar-refractivity contribution in [2.75, 3.05) is 13.2 Å². The van der Waals surface area contributed by atoms with Crippen molar-refractivity contribution in [3.05, 3.63) is 82.7 Å². The molecule has 1 aliphatic rings. The van der Waals surface area contributed by atoms with Gasteiger partial charge in [-0.1, -0.05) is 20.3 Å². The minimum Gasteiger partial charge on any atom is -0.429 e. The number of alkyl halides is 5. The van der Waals surface area contributed by atoms with Gasteiger partial charge in [0, 0.05) is 22.6 Å². The Morgan fingerprint density at radius 3 is 1.84 bits per heavy atom. The maximum atomic E-state index is 14.9. The van der Waals surface area contributed by atoms with Gasteiger partial charge >= 0.3 is 18.4 Å². The fraction of sp³-hybridized carbons (Fsp3) is 0.357. The minimum absolute atomic E-state index is 0.0616. The molecule has 1 saturated heterocycles. The molecule has 0 aliphatic carbocycles. The van der Waals surface area contributed by atoms with Crippen molar-refractivity contribution >= 4 is 0 Å². The van der Waals surface area contributed by atoms with Crippen molar-refractivity contribution in [3.63, 3.8) is 0 Å². The van der Waals surface area contributed by atoms with E-state index >= 15 is 0 Å². The first-order valence-electron chi connectivity index (χ1n) is 12.5. The van der Waals surface area contributed by atoms with Gasteiger partial charge in [-0.2, -0.15) is 8.78 Å². The Bertz CT molecular complexity index is 1450. The van der Waals surface area contributed by atoms with Crippen LogP contribution >= 0.6 is 0 Å². The van der Waals surface area contributed by atoms with Crippen LogP contribution in [0.4, 0.5) is 43.9 Å². The number of ether oxygens (including phenoxy) is 4. The molecule has 0 amide bonds. The van der Waals surface area contributed by atoms with Gasteiger partial charge in [0.25, 0.3) is 0 Å². The average Bonchev–Trinajstić information content (AvgIpc) is 2.87. The molecule has 4 rings (SSSR count). The molecule has 0 saturated carbocycles. The fourth-order valence-corrected chi connectivity index (χ4v) is 4.50. The molecule has 15 heteroatoms. The number of halogens is 10. The number of rotatable bonds is 8. The van der Waals surface area contributed by atoms with Crippen LogP contribution in [-0.2, 0) is 21.6 Å². The van der Waals surface area contributed by atoms with Gasteiger partial charge in [0.1, 0.15) is 28.8 Å². The first-order valence-corrected chi connectivity index (χ1v) is 12.5. The molecular formula is C28H22F10O5. The van der Waals surface area contributed by atoms with Crippen molar-refractivity contribution in [2.45, 2.75) is 45.1 Å². The third-order valence-corrected chi connectivity index (χ3v) is 6.50. The van der Waals surface area contributed by atoms with E-state index in [-0.39, 0.29) is 13.2 Å². The first kappa shape index (κ1) is 32.4. The molecule has 1 heterocycles. The lowest BCUT2D eigenvalue weighted by atomic mass is 9.86. The van der Waals surface area contributed by atoms with Crippen LogP contribution in [-0.4, -0.2) is 24.7 Å². The topological polar surface area (TPSA) is 57.2 Å². The maximum Gasteiger partial charge on any atom is 0.573 e. The lowest BCUT2D eigenvalue weighted by Gasteiger charge is -2.41. The molecule has 5 nitrogen and oxygen atoms in total. The van der Waals surface area contributed by atoms with Gasteiger partial charge in [0.2, 0.25) is 5.75 Å². The van der Waals surface area contributed by atoms with Crippen molar-refractivity contribution < 1.29 is 68.0 Å². The fourth-order valence-electron chi connectivity index (χ4n) is 4.50. The molecule has 3 aromatic carbocycles. The van der Waals surface area contributed by atoms with E-state index in [0.29, 0.717) is 48.9 Å². The highest BCUT2D eigenvalue weighted by Crippen LogP contribution is 2.41. The van der Waals surface area contributed by atoms with E-state index in [2.05, 4.69) is 9.47 Å². The molecule has 3 aromatic rings. The van der Waals surface area contributed by atoms with E-state index < -0.39 is 86.7 Å². The van der Waals surface area contributed by atoms with Crippen LogP contribution in [0.3, 0.4) is 0 Å². The van der Waals surface area contributed by atoms with E-state index in [4.69, 9.17) is 9.47 Å². The molecule has 1 N–H and O–H groups in total. The Labute approximate surface area is 237 Å². The Kier molecular flexibility index (Phi) is 8.66. The third kappa shape index (κ3) is 6.99. The molecule has 0 atom stereocenters. The van der Waals surface area contributed by atoms with Crippen LogP contribution in [0.1, 0.15) is 37.8 Å². The van der Waals surface area contributed by atoms with Crippen LogP contribution in [0.2, 0.25) is 0 Å². The SMILES string of the molecule is CCCC1(C)COC(O)(c2cc(F)c(C(F)(F)Oc3ccc(-c4cc(F)c(OC(F)(F)F)c(F)c4)c(F)c3)c(F)c2)OC1. The highest BCUT2D eigenvalue weighted by atomic mass is 19.4. The molecule has 0 bridgehead atoms. The summed E-state index contributed by atoms with van der Waals surface area (Å²) in [4.78, 5) is 0.